The van der Waals surface area contributed by atoms with Gasteiger partial charge in [-0.3, -0.25) is 0 Å². The van der Waals surface area contributed by atoms with Crippen LogP contribution in [-0.4, -0.2) is 17.6 Å². The molecule has 3 aromatic carbocycles. The maximum absolute atomic E-state index is 14.2. The first-order valence-corrected chi connectivity index (χ1v) is 10.9. The van der Waals surface area contributed by atoms with Gasteiger partial charge in [0.05, 0.1) is 6.33 Å². The van der Waals surface area contributed by atoms with E-state index in [1.54, 1.807) is 36.8 Å². The molecule has 1 heterocycles. The van der Waals surface area contributed by atoms with E-state index in [0.29, 0.717) is 6.17 Å². The van der Waals surface area contributed by atoms with Crippen molar-refractivity contribution >= 4 is 23.6 Å². The Labute approximate surface area is 157 Å². The topological polar surface area (TPSA) is 17.8 Å². The Hall–Kier alpha value is -3.05. The highest BCUT2D eigenvalue weighted by molar-refractivity contribution is 7.10. The fourth-order valence-corrected chi connectivity index (χ4v) is 8.23. The minimum Gasteiger partial charge on any atom is -0.339 e. The second kappa shape index (κ2) is 7.29. The van der Waals surface area contributed by atoms with E-state index >= 15 is 0 Å². The number of aromatic nitrogens is 2. The van der Waals surface area contributed by atoms with E-state index in [1.807, 2.05) is 41.1 Å². The smallest absolute Gasteiger partial charge is 0.168 e. The van der Waals surface area contributed by atoms with Crippen LogP contribution in [0.25, 0.3) is 0 Å². The van der Waals surface area contributed by atoms with Gasteiger partial charge in [-0.25, -0.2) is 13.8 Å². The zero-order valence-electron chi connectivity index (χ0n) is 14.6. The third-order valence-electron chi connectivity index (χ3n) is 4.88. The van der Waals surface area contributed by atoms with Crippen molar-refractivity contribution in [1.29, 1.82) is 0 Å². The number of hydrogen-bond donors (Lipinski definition) is 0. The summed E-state index contributed by atoms with van der Waals surface area (Å²) in [6.45, 7) is 0. The molecule has 0 fully saturated rings. The molecule has 0 saturated heterocycles. The van der Waals surface area contributed by atoms with E-state index in [2.05, 4.69) is 17.1 Å². The van der Waals surface area contributed by atoms with Crippen LogP contribution in [0, 0.1) is 11.6 Å². The summed E-state index contributed by atoms with van der Waals surface area (Å²) in [5, 5.41) is 2.89. The molecule has 2 nitrogen and oxygen atoms in total. The lowest BCUT2D eigenvalue weighted by molar-refractivity contribution is 0.628. The van der Waals surface area contributed by atoms with Crippen LogP contribution < -0.4 is 15.6 Å². The highest BCUT2D eigenvalue weighted by atomic mass is 28.3. The van der Waals surface area contributed by atoms with Crippen LogP contribution in [0.3, 0.4) is 0 Å². The molecule has 0 bridgehead atoms. The van der Waals surface area contributed by atoms with Gasteiger partial charge in [-0.1, -0.05) is 54.6 Å². The molecule has 0 unspecified atom stereocenters. The zero-order valence-corrected chi connectivity index (χ0v) is 15.6. The third kappa shape index (κ3) is 3.33. The molecular formula is C22H18F2N2Si. The minimum absolute atomic E-state index is 0.289. The van der Waals surface area contributed by atoms with Crippen molar-refractivity contribution in [1.82, 2.24) is 9.55 Å². The van der Waals surface area contributed by atoms with Gasteiger partial charge >= 0.3 is 0 Å². The van der Waals surface area contributed by atoms with Crippen molar-refractivity contribution in [2.24, 2.45) is 0 Å². The SMILES string of the molecule is Fc1cccc([Si](Cn2ccnc2)(c2ccccc2)c2cccc(F)c2)c1. The number of hydrogen-bond acceptors (Lipinski definition) is 1. The highest BCUT2D eigenvalue weighted by Gasteiger charge is 2.40. The summed E-state index contributed by atoms with van der Waals surface area (Å²) < 4.78 is 30.4. The number of benzene rings is 3. The molecule has 0 atom stereocenters. The van der Waals surface area contributed by atoms with Crippen LogP contribution in [0.2, 0.25) is 0 Å². The second-order valence-corrected chi connectivity index (χ2v) is 10.4. The van der Waals surface area contributed by atoms with Crippen LogP contribution in [-0.2, 0) is 6.17 Å². The Kier molecular flexibility index (Phi) is 4.69. The molecule has 134 valence electrons. The zero-order chi connectivity index (χ0) is 18.7. The maximum atomic E-state index is 14.2. The van der Waals surface area contributed by atoms with Crippen molar-refractivity contribution in [3.63, 3.8) is 0 Å². The molecule has 0 saturated carbocycles. The first-order chi connectivity index (χ1) is 13.2. The van der Waals surface area contributed by atoms with Gasteiger partial charge in [0.2, 0.25) is 0 Å². The van der Waals surface area contributed by atoms with Crippen molar-refractivity contribution in [3.05, 3.63) is 109 Å². The number of rotatable bonds is 5. The standard InChI is InChI=1S/C22H18F2N2Si/c23-18-6-4-10-21(14-18)27(17-26-13-12-25-16-26,20-8-2-1-3-9-20)22-11-5-7-19(24)15-22/h1-16H,17H2. The summed E-state index contributed by atoms with van der Waals surface area (Å²) in [6.07, 6.45) is 5.97. The summed E-state index contributed by atoms with van der Waals surface area (Å²) in [5.74, 6) is -0.579. The predicted octanol–water partition coefficient (Wildman–Crippen LogP) is 2.87. The van der Waals surface area contributed by atoms with Crippen LogP contribution >= 0.6 is 0 Å². The molecular weight excluding hydrogens is 358 g/mol. The molecule has 0 aliphatic carbocycles. The quantitative estimate of drug-likeness (QED) is 0.387. The minimum atomic E-state index is -2.75. The van der Waals surface area contributed by atoms with Crippen molar-refractivity contribution in [3.8, 4) is 0 Å². The molecule has 0 spiro atoms. The third-order valence-corrected chi connectivity index (χ3v) is 9.63. The van der Waals surface area contributed by atoms with Gasteiger partial charge in [-0.2, -0.15) is 0 Å². The Morgan fingerprint density at radius 3 is 1.85 bits per heavy atom. The number of nitrogens with zero attached hydrogens (tertiary/aromatic N) is 2. The van der Waals surface area contributed by atoms with Crippen molar-refractivity contribution in [2.45, 2.75) is 6.17 Å². The monoisotopic (exact) mass is 376 g/mol. The lowest BCUT2D eigenvalue weighted by Crippen LogP contribution is -2.69. The Bertz CT molecular complexity index is 988. The van der Waals surface area contributed by atoms with E-state index in [1.165, 1.54) is 12.1 Å². The Morgan fingerprint density at radius 1 is 0.741 bits per heavy atom. The summed E-state index contributed by atoms with van der Waals surface area (Å²) in [6, 6.07) is 23.4. The molecule has 1 aromatic heterocycles. The first kappa shape index (κ1) is 17.4. The maximum Gasteiger partial charge on any atom is 0.168 e. The average molecular weight is 376 g/mol. The van der Waals surface area contributed by atoms with Crippen LogP contribution in [0.4, 0.5) is 8.78 Å². The van der Waals surface area contributed by atoms with Gasteiger partial charge < -0.3 is 4.57 Å². The highest BCUT2D eigenvalue weighted by Crippen LogP contribution is 2.12. The van der Waals surface area contributed by atoms with Crippen molar-refractivity contribution < 1.29 is 8.78 Å². The fourth-order valence-electron chi connectivity index (χ4n) is 3.66. The van der Waals surface area contributed by atoms with E-state index in [9.17, 15) is 8.78 Å². The second-order valence-electron chi connectivity index (χ2n) is 6.53. The molecule has 0 amide bonds. The van der Waals surface area contributed by atoms with Gasteiger partial charge in [0, 0.05) is 18.6 Å². The normalized spacial score (nSPS) is 11.5. The Morgan fingerprint density at radius 2 is 1.33 bits per heavy atom. The summed E-state index contributed by atoms with van der Waals surface area (Å²) in [7, 11) is -2.75. The molecule has 0 aliphatic heterocycles. The van der Waals surface area contributed by atoms with Gasteiger partial charge in [-0.05, 0) is 39.8 Å². The fraction of sp³-hybridized carbons (Fsp3) is 0.0455. The molecule has 0 aliphatic rings. The molecule has 4 rings (SSSR count). The molecule has 5 heteroatoms. The van der Waals surface area contributed by atoms with Gasteiger partial charge in [0.25, 0.3) is 0 Å². The van der Waals surface area contributed by atoms with Crippen molar-refractivity contribution in [2.75, 3.05) is 0 Å². The van der Waals surface area contributed by atoms with Crippen LogP contribution in [0.5, 0.6) is 0 Å². The van der Waals surface area contributed by atoms with Crippen LogP contribution in [0.15, 0.2) is 97.6 Å². The predicted molar refractivity (Wildman–Crippen MR) is 106 cm³/mol. The number of halogens is 2. The van der Waals surface area contributed by atoms with E-state index < -0.39 is 8.07 Å². The lowest BCUT2D eigenvalue weighted by Gasteiger charge is -2.34. The van der Waals surface area contributed by atoms with Gasteiger partial charge in [0.15, 0.2) is 8.07 Å². The summed E-state index contributed by atoms with van der Waals surface area (Å²) in [5.41, 5.74) is 0. The largest absolute Gasteiger partial charge is 0.339 e. The molecule has 0 radical (unpaired) electrons. The molecule has 27 heavy (non-hydrogen) atoms. The van der Waals surface area contributed by atoms with E-state index in [4.69, 9.17) is 0 Å². The van der Waals surface area contributed by atoms with Gasteiger partial charge in [0.1, 0.15) is 11.6 Å². The summed E-state index contributed by atoms with van der Waals surface area (Å²) >= 11 is 0. The lowest BCUT2D eigenvalue weighted by atomic mass is 10.3. The molecule has 4 aromatic rings. The van der Waals surface area contributed by atoms with E-state index in [0.717, 1.165) is 15.6 Å². The first-order valence-electron chi connectivity index (χ1n) is 8.72. The van der Waals surface area contributed by atoms with E-state index in [-0.39, 0.29) is 11.6 Å². The summed E-state index contributed by atoms with van der Waals surface area (Å²) in [4.78, 5) is 4.16. The molecule has 0 N–H and O–H groups in total. The average Bonchev–Trinajstić information content (AvgIpc) is 3.20. The Balaban J connectivity index is 2.04. The van der Waals surface area contributed by atoms with Gasteiger partial charge in [-0.15, -0.1) is 0 Å². The number of imidazole rings is 1. The van der Waals surface area contributed by atoms with Crippen LogP contribution in [0.1, 0.15) is 0 Å².